The summed E-state index contributed by atoms with van der Waals surface area (Å²) in [5.41, 5.74) is 3.11. The molecule has 1 unspecified atom stereocenters. The van der Waals surface area contributed by atoms with Gasteiger partial charge in [0.1, 0.15) is 0 Å². The summed E-state index contributed by atoms with van der Waals surface area (Å²) >= 11 is 0. The van der Waals surface area contributed by atoms with Crippen LogP contribution in [0.1, 0.15) is 18.4 Å². The van der Waals surface area contributed by atoms with E-state index in [1.54, 1.807) is 0 Å². The van der Waals surface area contributed by atoms with Gasteiger partial charge in [-0.25, -0.2) is 0 Å². The fourth-order valence-corrected chi connectivity index (χ4v) is 4.69. The van der Waals surface area contributed by atoms with Crippen molar-refractivity contribution < 1.29 is 4.74 Å². The minimum atomic E-state index is 0.452. The molecule has 3 heterocycles. The molecule has 23 heavy (non-hydrogen) atoms. The van der Waals surface area contributed by atoms with E-state index < -0.39 is 0 Å². The standard InChI is InChI=1S/C19H27N3O/c1-23-13-16-12-22(14-19(16)6-8-20-9-7-19)11-15-10-21-18-5-3-2-4-17(15)18/h2-5,10,16,20-21H,6-9,11-14H2,1H3. The van der Waals surface area contributed by atoms with Gasteiger partial charge in [0.05, 0.1) is 6.61 Å². The zero-order chi connectivity index (χ0) is 15.7. The van der Waals surface area contributed by atoms with Crippen molar-refractivity contribution in [1.29, 1.82) is 0 Å². The molecule has 2 fully saturated rings. The molecule has 2 N–H and O–H groups in total. The molecule has 1 aromatic carbocycles. The van der Waals surface area contributed by atoms with Crippen LogP contribution in [0.3, 0.4) is 0 Å². The summed E-state index contributed by atoms with van der Waals surface area (Å²) in [6, 6.07) is 8.61. The number of nitrogens with zero attached hydrogens (tertiary/aromatic N) is 1. The van der Waals surface area contributed by atoms with Crippen LogP contribution >= 0.6 is 0 Å². The third-order valence-corrected chi connectivity index (χ3v) is 5.92. The van der Waals surface area contributed by atoms with Crippen molar-refractivity contribution in [1.82, 2.24) is 15.2 Å². The van der Waals surface area contributed by atoms with Gasteiger partial charge >= 0.3 is 0 Å². The van der Waals surface area contributed by atoms with Gasteiger partial charge in [0.2, 0.25) is 0 Å². The average Bonchev–Trinajstić information content (AvgIpc) is 3.12. The lowest BCUT2D eigenvalue weighted by molar-refractivity contribution is 0.0716. The lowest BCUT2D eigenvalue weighted by Crippen LogP contribution is -2.43. The Kier molecular flexibility index (Phi) is 4.14. The van der Waals surface area contributed by atoms with E-state index in [-0.39, 0.29) is 0 Å². The summed E-state index contributed by atoms with van der Waals surface area (Å²) in [6.45, 7) is 6.61. The largest absolute Gasteiger partial charge is 0.384 e. The molecule has 0 saturated carbocycles. The van der Waals surface area contributed by atoms with E-state index >= 15 is 0 Å². The number of ether oxygens (including phenoxy) is 1. The van der Waals surface area contributed by atoms with Crippen LogP contribution in [0.25, 0.3) is 10.9 Å². The van der Waals surface area contributed by atoms with Crippen molar-refractivity contribution in [2.45, 2.75) is 19.4 Å². The summed E-state index contributed by atoms with van der Waals surface area (Å²) in [5, 5.41) is 4.88. The SMILES string of the molecule is COCC1CN(Cc2c[nH]c3ccccc23)CC12CCNCC2. The first-order chi connectivity index (χ1) is 11.3. The average molecular weight is 313 g/mol. The topological polar surface area (TPSA) is 40.3 Å². The van der Waals surface area contributed by atoms with Gasteiger partial charge in [-0.15, -0.1) is 0 Å². The van der Waals surface area contributed by atoms with E-state index in [1.165, 1.54) is 35.9 Å². The van der Waals surface area contributed by atoms with Crippen LogP contribution in [0.2, 0.25) is 0 Å². The van der Waals surface area contributed by atoms with Crippen LogP contribution in [0.5, 0.6) is 0 Å². The summed E-state index contributed by atoms with van der Waals surface area (Å²) in [7, 11) is 1.84. The second-order valence-electron chi connectivity index (χ2n) is 7.29. The predicted octanol–water partition coefficient (Wildman–Crippen LogP) is 2.62. The lowest BCUT2D eigenvalue weighted by Gasteiger charge is -2.38. The van der Waals surface area contributed by atoms with E-state index in [9.17, 15) is 0 Å². The van der Waals surface area contributed by atoms with Crippen LogP contribution in [-0.2, 0) is 11.3 Å². The maximum atomic E-state index is 5.55. The Morgan fingerprint density at radius 3 is 2.91 bits per heavy atom. The highest BCUT2D eigenvalue weighted by atomic mass is 16.5. The predicted molar refractivity (Wildman–Crippen MR) is 93.5 cm³/mol. The molecule has 4 nitrogen and oxygen atoms in total. The van der Waals surface area contributed by atoms with Crippen molar-refractivity contribution in [2.24, 2.45) is 11.3 Å². The quantitative estimate of drug-likeness (QED) is 0.911. The monoisotopic (exact) mass is 313 g/mol. The molecule has 0 radical (unpaired) electrons. The molecule has 2 aliphatic heterocycles. The van der Waals surface area contributed by atoms with Gasteiger partial charge in [0.15, 0.2) is 0 Å². The number of piperidine rings is 1. The molecule has 1 spiro atoms. The van der Waals surface area contributed by atoms with Crippen molar-refractivity contribution in [3.8, 4) is 0 Å². The maximum absolute atomic E-state index is 5.55. The summed E-state index contributed by atoms with van der Waals surface area (Å²) < 4.78 is 5.55. The van der Waals surface area contributed by atoms with Gasteiger partial charge in [0, 0.05) is 49.8 Å². The highest BCUT2D eigenvalue weighted by Crippen LogP contribution is 2.44. The Hall–Kier alpha value is -1.36. The van der Waals surface area contributed by atoms with Crippen LogP contribution in [0.15, 0.2) is 30.5 Å². The van der Waals surface area contributed by atoms with Gasteiger partial charge in [-0.1, -0.05) is 18.2 Å². The number of likely N-dealkylation sites (tertiary alicyclic amines) is 1. The number of fused-ring (bicyclic) bond motifs is 1. The molecule has 4 heteroatoms. The zero-order valence-electron chi connectivity index (χ0n) is 14.0. The van der Waals surface area contributed by atoms with E-state index in [2.05, 4.69) is 45.7 Å². The third-order valence-electron chi connectivity index (χ3n) is 5.92. The van der Waals surface area contributed by atoms with Gasteiger partial charge in [0.25, 0.3) is 0 Å². The molecule has 2 saturated heterocycles. The van der Waals surface area contributed by atoms with Crippen molar-refractivity contribution >= 4 is 10.9 Å². The molecular formula is C19H27N3O. The van der Waals surface area contributed by atoms with Crippen LogP contribution < -0.4 is 5.32 Å². The molecule has 2 aromatic rings. The second-order valence-corrected chi connectivity index (χ2v) is 7.29. The molecule has 0 bridgehead atoms. The Balaban J connectivity index is 1.53. The van der Waals surface area contributed by atoms with Crippen LogP contribution in [-0.4, -0.2) is 49.8 Å². The fourth-order valence-electron chi connectivity index (χ4n) is 4.69. The first-order valence-corrected chi connectivity index (χ1v) is 8.78. The number of rotatable bonds is 4. The first kappa shape index (κ1) is 15.2. The molecule has 1 atom stereocenters. The maximum Gasteiger partial charge on any atom is 0.0508 e. The normalized spacial score (nSPS) is 24.7. The van der Waals surface area contributed by atoms with E-state index in [0.717, 1.165) is 32.8 Å². The zero-order valence-corrected chi connectivity index (χ0v) is 14.0. The Bertz CT molecular complexity index is 659. The number of hydrogen-bond donors (Lipinski definition) is 2. The highest BCUT2D eigenvalue weighted by Gasteiger charge is 2.46. The molecular weight excluding hydrogens is 286 g/mol. The Morgan fingerprint density at radius 2 is 2.09 bits per heavy atom. The van der Waals surface area contributed by atoms with Gasteiger partial charge in [-0.05, 0) is 43.0 Å². The lowest BCUT2D eigenvalue weighted by atomic mass is 9.71. The molecule has 124 valence electrons. The first-order valence-electron chi connectivity index (χ1n) is 8.78. The molecule has 4 rings (SSSR count). The summed E-state index contributed by atoms with van der Waals surface area (Å²) in [5.74, 6) is 0.666. The molecule has 0 aliphatic carbocycles. The van der Waals surface area contributed by atoms with Gasteiger partial charge in [-0.2, -0.15) is 0 Å². The van der Waals surface area contributed by atoms with E-state index in [0.29, 0.717) is 11.3 Å². The minimum absolute atomic E-state index is 0.452. The number of aromatic amines is 1. The van der Waals surface area contributed by atoms with Crippen LogP contribution in [0, 0.1) is 11.3 Å². The number of aromatic nitrogens is 1. The van der Waals surface area contributed by atoms with Gasteiger partial charge in [-0.3, -0.25) is 4.90 Å². The van der Waals surface area contributed by atoms with E-state index in [4.69, 9.17) is 4.74 Å². The van der Waals surface area contributed by atoms with E-state index in [1.807, 2.05) is 7.11 Å². The van der Waals surface area contributed by atoms with Crippen LogP contribution in [0.4, 0.5) is 0 Å². The molecule has 1 aromatic heterocycles. The number of H-pyrrole nitrogens is 1. The number of methoxy groups -OCH3 is 1. The number of benzene rings is 1. The molecule has 0 amide bonds. The fraction of sp³-hybridized carbons (Fsp3) is 0.579. The Morgan fingerprint density at radius 1 is 1.26 bits per heavy atom. The smallest absolute Gasteiger partial charge is 0.0508 e. The minimum Gasteiger partial charge on any atom is -0.384 e. The number of nitrogens with one attached hydrogen (secondary N) is 2. The Labute approximate surface area is 138 Å². The summed E-state index contributed by atoms with van der Waals surface area (Å²) in [6.07, 6.45) is 4.75. The highest BCUT2D eigenvalue weighted by molar-refractivity contribution is 5.82. The van der Waals surface area contributed by atoms with Gasteiger partial charge < -0.3 is 15.0 Å². The molecule has 2 aliphatic rings. The second kappa shape index (κ2) is 6.27. The van der Waals surface area contributed by atoms with Crippen molar-refractivity contribution in [2.75, 3.05) is 39.9 Å². The third kappa shape index (κ3) is 2.80. The summed E-state index contributed by atoms with van der Waals surface area (Å²) in [4.78, 5) is 6.05. The number of para-hydroxylation sites is 1. The van der Waals surface area contributed by atoms with Crippen molar-refractivity contribution in [3.05, 3.63) is 36.0 Å². The van der Waals surface area contributed by atoms with Crippen molar-refractivity contribution in [3.63, 3.8) is 0 Å². The number of hydrogen-bond acceptors (Lipinski definition) is 3.